The number of aryl methyl sites for hydroxylation is 1. The molecular formula is C12H17NO2. The van der Waals surface area contributed by atoms with Crippen LogP contribution >= 0.6 is 0 Å². The minimum absolute atomic E-state index is 0.0184. The minimum Gasteiger partial charge on any atom is -0.398 e. The van der Waals surface area contributed by atoms with E-state index in [9.17, 15) is 4.79 Å². The van der Waals surface area contributed by atoms with Gasteiger partial charge in [0, 0.05) is 17.9 Å². The van der Waals surface area contributed by atoms with Crippen molar-refractivity contribution < 1.29 is 9.53 Å². The number of rotatable bonds is 5. The predicted molar refractivity (Wildman–Crippen MR) is 61.0 cm³/mol. The van der Waals surface area contributed by atoms with Gasteiger partial charge in [-0.1, -0.05) is 19.1 Å². The fourth-order valence-electron chi connectivity index (χ4n) is 1.21. The lowest BCUT2D eigenvalue weighted by Crippen LogP contribution is -2.10. The number of nitrogen functional groups attached to an aromatic ring is 1. The van der Waals surface area contributed by atoms with Crippen molar-refractivity contribution in [1.82, 2.24) is 0 Å². The number of hydrogen-bond donors (Lipinski definition) is 1. The highest BCUT2D eigenvalue weighted by Gasteiger charge is 2.06. The fraction of sp³-hybridized carbons (Fsp3) is 0.417. The van der Waals surface area contributed by atoms with Gasteiger partial charge in [0.2, 0.25) is 0 Å². The third-order valence-corrected chi connectivity index (χ3v) is 2.18. The monoisotopic (exact) mass is 207 g/mol. The number of carbonyl (C=O) groups excluding carboxylic acids is 1. The predicted octanol–water partition coefficient (Wildman–Crippen LogP) is 2.19. The van der Waals surface area contributed by atoms with Crippen LogP contribution in [0.4, 0.5) is 5.69 Å². The van der Waals surface area contributed by atoms with Crippen molar-refractivity contribution in [3.05, 3.63) is 29.3 Å². The summed E-state index contributed by atoms with van der Waals surface area (Å²) in [6.45, 7) is 4.68. The number of nitrogens with two attached hydrogens (primary N) is 1. The van der Waals surface area contributed by atoms with Crippen LogP contribution in [0.15, 0.2) is 18.2 Å². The molecule has 0 aliphatic heterocycles. The number of hydrogen-bond acceptors (Lipinski definition) is 3. The molecule has 0 fully saturated rings. The molecule has 0 unspecified atom stereocenters. The first-order chi connectivity index (χ1) is 7.15. The van der Waals surface area contributed by atoms with Crippen LogP contribution in [0.5, 0.6) is 0 Å². The summed E-state index contributed by atoms with van der Waals surface area (Å²) in [5.41, 5.74) is 7.98. The third-order valence-electron chi connectivity index (χ3n) is 2.18. The summed E-state index contributed by atoms with van der Waals surface area (Å²) in [4.78, 5) is 11.6. The number of Topliss-reactive ketones (excluding diaryl/α,β-unsaturated/α-hetero) is 1. The number of ketones is 1. The topological polar surface area (TPSA) is 52.3 Å². The first-order valence-corrected chi connectivity index (χ1v) is 5.12. The molecule has 0 bridgehead atoms. The quantitative estimate of drug-likeness (QED) is 0.457. The standard InChI is InChI=1S/C12H17NO2/c1-3-6-15-8-12(14)10-5-4-9(2)11(13)7-10/h4-5,7H,3,6,8,13H2,1-2H3. The van der Waals surface area contributed by atoms with E-state index in [-0.39, 0.29) is 12.4 Å². The summed E-state index contributed by atoms with van der Waals surface area (Å²) in [6, 6.07) is 5.33. The lowest BCUT2D eigenvalue weighted by atomic mass is 10.1. The molecular weight excluding hydrogens is 190 g/mol. The Balaban J connectivity index is 2.62. The van der Waals surface area contributed by atoms with Crippen LogP contribution in [0.25, 0.3) is 0 Å². The van der Waals surface area contributed by atoms with Gasteiger partial charge >= 0.3 is 0 Å². The Labute approximate surface area is 90.2 Å². The second-order valence-electron chi connectivity index (χ2n) is 3.55. The molecule has 82 valence electrons. The van der Waals surface area contributed by atoms with Crippen LogP contribution in [0.3, 0.4) is 0 Å². The van der Waals surface area contributed by atoms with Crippen molar-refractivity contribution in [3.63, 3.8) is 0 Å². The van der Waals surface area contributed by atoms with E-state index in [2.05, 4.69) is 0 Å². The summed E-state index contributed by atoms with van der Waals surface area (Å²) >= 11 is 0. The normalized spacial score (nSPS) is 10.3. The zero-order valence-corrected chi connectivity index (χ0v) is 9.25. The second-order valence-corrected chi connectivity index (χ2v) is 3.55. The first-order valence-electron chi connectivity index (χ1n) is 5.12. The molecule has 3 heteroatoms. The SMILES string of the molecule is CCCOCC(=O)c1ccc(C)c(N)c1. The summed E-state index contributed by atoms with van der Waals surface area (Å²) in [5, 5.41) is 0. The van der Waals surface area contributed by atoms with Crippen molar-refractivity contribution in [2.45, 2.75) is 20.3 Å². The van der Waals surface area contributed by atoms with Crippen molar-refractivity contribution in [1.29, 1.82) is 0 Å². The molecule has 0 aliphatic rings. The van der Waals surface area contributed by atoms with Gasteiger partial charge in [0.05, 0.1) is 0 Å². The summed E-state index contributed by atoms with van der Waals surface area (Å²) in [5.74, 6) is -0.0184. The van der Waals surface area contributed by atoms with E-state index < -0.39 is 0 Å². The summed E-state index contributed by atoms with van der Waals surface area (Å²) < 4.78 is 5.18. The van der Waals surface area contributed by atoms with Crippen molar-refractivity contribution in [2.75, 3.05) is 18.9 Å². The molecule has 0 saturated heterocycles. The number of carbonyl (C=O) groups is 1. The van der Waals surface area contributed by atoms with Crippen LogP contribution in [-0.2, 0) is 4.74 Å². The van der Waals surface area contributed by atoms with E-state index in [4.69, 9.17) is 10.5 Å². The summed E-state index contributed by atoms with van der Waals surface area (Å²) in [6.07, 6.45) is 0.920. The fourth-order valence-corrected chi connectivity index (χ4v) is 1.21. The molecule has 0 spiro atoms. The van der Waals surface area contributed by atoms with Gasteiger partial charge in [-0.15, -0.1) is 0 Å². The van der Waals surface area contributed by atoms with Crippen LogP contribution in [0, 0.1) is 6.92 Å². The van der Waals surface area contributed by atoms with E-state index in [0.29, 0.717) is 17.9 Å². The number of anilines is 1. The maximum absolute atomic E-state index is 11.6. The van der Waals surface area contributed by atoms with Crippen molar-refractivity contribution >= 4 is 11.5 Å². The highest BCUT2D eigenvalue weighted by atomic mass is 16.5. The molecule has 0 atom stereocenters. The van der Waals surface area contributed by atoms with E-state index in [0.717, 1.165) is 12.0 Å². The van der Waals surface area contributed by atoms with Crippen molar-refractivity contribution in [3.8, 4) is 0 Å². The van der Waals surface area contributed by atoms with E-state index >= 15 is 0 Å². The molecule has 0 radical (unpaired) electrons. The molecule has 15 heavy (non-hydrogen) atoms. The Morgan fingerprint density at radius 2 is 2.20 bits per heavy atom. The maximum Gasteiger partial charge on any atom is 0.188 e. The van der Waals surface area contributed by atoms with Gasteiger partial charge in [0.25, 0.3) is 0 Å². The van der Waals surface area contributed by atoms with Gasteiger partial charge in [0.15, 0.2) is 5.78 Å². The molecule has 0 aliphatic carbocycles. The highest BCUT2D eigenvalue weighted by molar-refractivity contribution is 5.97. The zero-order valence-electron chi connectivity index (χ0n) is 9.25. The Hall–Kier alpha value is -1.35. The molecule has 1 rings (SSSR count). The van der Waals surface area contributed by atoms with Gasteiger partial charge in [-0.05, 0) is 25.0 Å². The van der Waals surface area contributed by atoms with E-state index in [1.54, 1.807) is 12.1 Å². The van der Waals surface area contributed by atoms with Crippen LogP contribution in [0.2, 0.25) is 0 Å². The maximum atomic E-state index is 11.6. The van der Waals surface area contributed by atoms with Gasteiger partial charge in [-0.25, -0.2) is 0 Å². The molecule has 0 saturated carbocycles. The average molecular weight is 207 g/mol. The van der Waals surface area contributed by atoms with Crippen LogP contribution in [0.1, 0.15) is 29.3 Å². The van der Waals surface area contributed by atoms with E-state index in [1.165, 1.54) is 0 Å². The summed E-state index contributed by atoms with van der Waals surface area (Å²) in [7, 11) is 0. The van der Waals surface area contributed by atoms with Crippen molar-refractivity contribution in [2.24, 2.45) is 0 Å². The van der Waals surface area contributed by atoms with Gasteiger partial charge in [-0.3, -0.25) is 4.79 Å². The van der Waals surface area contributed by atoms with Crippen LogP contribution < -0.4 is 5.73 Å². The van der Waals surface area contributed by atoms with E-state index in [1.807, 2.05) is 19.9 Å². The Morgan fingerprint density at radius 1 is 1.47 bits per heavy atom. The Morgan fingerprint density at radius 3 is 2.80 bits per heavy atom. The molecule has 1 aromatic rings. The van der Waals surface area contributed by atoms with Gasteiger partial charge in [0.1, 0.15) is 6.61 Å². The molecule has 0 amide bonds. The molecule has 1 aromatic carbocycles. The Kier molecular flexibility index (Phi) is 4.31. The van der Waals surface area contributed by atoms with Gasteiger partial charge in [-0.2, -0.15) is 0 Å². The molecule has 2 N–H and O–H groups in total. The average Bonchev–Trinajstić information content (AvgIpc) is 2.22. The largest absolute Gasteiger partial charge is 0.398 e. The third kappa shape index (κ3) is 3.36. The number of benzene rings is 1. The molecule has 3 nitrogen and oxygen atoms in total. The zero-order chi connectivity index (χ0) is 11.3. The highest BCUT2D eigenvalue weighted by Crippen LogP contribution is 2.13. The lowest BCUT2D eigenvalue weighted by molar-refractivity contribution is 0.0761. The number of ether oxygens (including phenoxy) is 1. The smallest absolute Gasteiger partial charge is 0.188 e. The molecule has 0 aromatic heterocycles. The first kappa shape index (κ1) is 11.7. The second kappa shape index (κ2) is 5.51. The minimum atomic E-state index is -0.0184. The molecule has 0 heterocycles. The lowest BCUT2D eigenvalue weighted by Gasteiger charge is -2.04. The van der Waals surface area contributed by atoms with Crippen LogP contribution in [-0.4, -0.2) is 19.0 Å². The van der Waals surface area contributed by atoms with Gasteiger partial charge < -0.3 is 10.5 Å². The Bertz CT molecular complexity index is 347.